The van der Waals surface area contributed by atoms with Gasteiger partial charge in [0.2, 0.25) is 0 Å². The number of carbonyl (C=O) groups excluding carboxylic acids is 3. The monoisotopic (exact) mass is 1320 g/mol. The van der Waals surface area contributed by atoms with E-state index in [1.54, 1.807) is 0 Å². The molecule has 99 heavy (non-hydrogen) atoms. The van der Waals surface area contributed by atoms with Crippen molar-refractivity contribution in [1.82, 2.24) is 0 Å². The number of unbranched alkanes of at least 4 members (excludes halogenated alkanes) is 12. The molecule has 0 aromatic heterocycles. The largest absolute Gasteiger partial charge is 0.490 e. The third kappa shape index (κ3) is 15.6. The van der Waals surface area contributed by atoms with E-state index in [4.69, 9.17) is 28.4 Å². The fraction of sp³-hybridized carbons (Fsp3) is 0.367. The van der Waals surface area contributed by atoms with Crippen LogP contribution in [-0.4, -0.2) is 37.7 Å². The van der Waals surface area contributed by atoms with Crippen molar-refractivity contribution in [3.8, 4) is 67.9 Å². The van der Waals surface area contributed by atoms with Gasteiger partial charge in [-0.25, -0.2) is 0 Å². The summed E-state index contributed by atoms with van der Waals surface area (Å²) in [5.74, 6) is 2.36. The molecule has 0 aliphatic heterocycles. The Hall–Kier alpha value is -9.21. The van der Waals surface area contributed by atoms with E-state index < -0.39 is 0 Å². The topological polar surface area (TPSA) is 107 Å². The molecular formula is C90H96O9. The van der Waals surface area contributed by atoms with Crippen molar-refractivity contribution in [2.75, 3.05) is 19.8 Å². The van der Waals surface area contributed by atoms with Gasteiger partial charge in [-0.2, -0.15) is 0 Å². The zero-order valence-electron chi connectivity index (χ0n) is 58.3. The fourth-order valence-electron chi connectivity index (χ4n) is 15.8. The summed E-state index contributed by atoms with van der Waals surface area (Å²) in [5.41, 5.74) is 16.2. The molecule has 13 rings (SSSR count). The SMILES string of the molecule is CCCCCOc1cc2c3cc(OCCCCC)c(OC(=O)CCCCCC4c5ccccc5-c5ccccc54)cc3c3cc(OC(=O)CCCCCC4c5ccccc5-c5ccccc54)c(OCCCCC)cc3c2cc1OC(=O)CCCCCC1c2ccccc2-c2ccccc21. The number of hydrogen-bond donors (Lipinski definition) is 0. The zero-order valence-corrected chi connectivity index (χ0v) is 58.3. The molecule has 0 amide bonds. The van der Waals surface area contributed by atoms with E-state index in [1.807, 2.05) is 36.4 Å². The van der Waals surface area contributed by atoms with Gasteiger partial charge in [0.15, 0.2) is 34.5 Å². The van der Waals surface area contributed by atoms with E-state index in [9.17, 15) is 14.4 Å². The lowest BCUT2D eigenvalue weighted by atomic mass is 9.91. The molecule has 10 aromatic carbocycles. The van der Waals surface area contributed by atoms with Crippen LogP contribution >= 0.6 is 0 Å². The Kier molecular flexibility index (Phi) is 22.8. The Bertz CT molecular complexity index is 4350. The molecule has 510 valence electrons. The molecule has 0 unspecified atom stereocenters. The molecule has 0 N–H and O–H groups in total. The summed E-state index contributed by atoms with van der Waals surface area (Å²) in [4.78, 5) is 42.9. The highest BCUT2D eigenvalue weighted by atomic mass is 16.6. The number of rotatable bonds is 36. The Morgan fingerprint density at radius 3 is 0.717 bits per heavy atom. The van der Waals surface area contributed by atoms with Gasteiger partial charge in [0.1, 0.15) is 0 Å². The van der Waals surface area contributed by atoms with Crippen LogP contribution in [0.25, 0.3) is 65.7 Å². The summed E-state index contributed by atoms with van der Waals surface area (Å²) < 4.78 is 39.5. The second kappa shape index (κ2) is 33.1. The van der Waals surface area contributed by atoms with Crippen molar-refractivity contribution in [1.29, 1.82) is 0 Å². The lowest BCUT2D eigenvalue weighted by Crippen LogP contribution is -2.10. The molecule has 0 saturated carbocycles. The van der Waals surface area contributed by atoms with Crippen LogP contribution in [0.3, 0.4) is 0 Å². The Morgan fingerprint density at radius 1 is 0.263 bits per heavy atom. The van der Waals surface area contributed by atoms with Crippen molar-refractivity contribution in [2.45, 2.75) is 193 Å². The molecular weight excluding hydrogens is 1220 g/mol. The van der Waals surface area contributed by atoms with E-state index in [2.05, 4.69) is 166 Å². The van der Waals surface area contributed by atoms with Crippen molar-refractivity contribution < 1.29 is 42.8 Å². The van der Waals surface area contributed by atoms with Gasteiger partial charge in [-0.3, -0.25) is 14.4 Å². The predicted molar refractivity (Wildman–Crippen MR) is 401 cm³/mol. The Morgan fingerprint density at radius 2 is 0.485 bits per heavy atom. The van der Waals surface area contributed by atoms with Gasteiger partial charge in [-0.15, -0.1) is 0 Å². The number of fused-ring (bicyclic) bond motifs is 15. The minimum absolute atomic E-state index is 0.240. The molecule has 0 radical (unpaired) electrons. The van der Waals surface area contributed by atoms with E-state index in [0.717, 1.165) is 148 Å². The summed E-state index contributed by atoms with van der Waals surface area (Å²) in [6, 6.07) is 64.2. The predicted octanol–water partition coefficient (Wildman–Crippen LogP) is 23.9. The van der Waals surface area contributed by atoms with Crippen LogP contribution in [0, 0.1) is 0 Å². The second-order valence-electron chi connectivity index (χ2n) is 27.6. The molecule has 3 aliphatic carbocycles. The summed E-state index contributed by atoms with van der Waals surface area (Å²) in [5, 5.41) is 4.70. The van der Waals surface area contributed by atoms with Gasteiger partial charge in [0.25, 0.3) is 0 Å². The lowest BCUT2D eigenvalue weighted by molar-refractivity contribution is -0.135. The maximum absolute atomic E-state index is 14.3. The normalized spacial score (nSPS) is 12.9. The van der Waals surface area contributed by atoms with Crippen LogP contribution < -0.4 is 28.4 Å². The van der Waals surface area contributed by atoms with Crippen molar-refractivity contribution in [3.05, 3.63) is 215 Å². The van der Waals surface area contributed by atoms with Crippen LogP contribution in [0.2, 0.25) is 0 Å². The first-order valence-corrected chi connectivity index (χ1v) is 37.4. The summed E-state index contributed by atoms with van der Waals surface area (Å²) >= 11 is 0. The molecule has 10 aromatic rings. The average molecular weight is 1320 g/mol. The number of benzene rings is 10. The van der Waals surface area contributed by atoms with Crippen LogP contribution in [0.5, 0.6) is 34.5 Å². The summed E-state index contributed by atoms with van der Waals surface area (Å²) in [6.07, 6.45) is 19.8. The molecule has 0 bridgehead atoms. The van der Waals surface area contributed by atoms with E-state index in [1.165, 1.54) is 66.8 Å². The Balaban J connectivity index is 0.799. The first-order chi connectivity index (χ1) is 48.8. The van der Waals surface area contributed by atoms with Crippen LogP contribution in [-0.2, 0) is 14.4 Å². The maximum Gasteiger partial charge on any atom is 0.311 e. The molecule has 9 heteroatoms. The van der Waals surface area contributed by atoms with Crippen molar-refractivity contribution in [3.63, 3.8) is 0 Å². The average Bonchev–Trinajstić information content (AvgIpc) is 1.70. The molecule has 0 heterocycles. The van der Waals surface area contributed by atoms with Gasteiger partial charge in [-0.05, 0) is 193 Å². The number of esters is 3. The van der Waals surface area contributed by atoms with Crippen LogP contribution in [0.15, 0.2) is 182 Å². The first-order valence-electron chi connectivity index (χ1n) is 37.4. The number of hydrogen-bond acceptors (Lipinski definition) is 9. The quantitative estimate of drug-likeness (QED) is 0.0164. The van der Waals surface area contributed by atoms with Gasteiger partial charge in [-0.1, -0.05) is 243 Å². The van der Waals surface area contributed by atoms with Gasteiger partial charge in [0, 0.05) is 37.0 Å². The van der Waals surface area contributed by atoms with Gasteiger partial charge >= 0.3 is 17.9 Å². The van der Waals surface area contributed by atoms with Crippen molar-refractivity contribution in [2.24, 2.45) is 0 Å². The molecule has 0 fully saturated rings. The van der Waals surface area contributed by atoms with Crippen molar-refractivity contribution >= 4 is 50.2 Å². The van der Waals surface area contributed by atoms with Gasteiger partial charge in [0.05, 0.1) is 19.8 Å². The lowest BCUT2D eigenvalue weighted by Gasteiger charge is -2.20. The van der Waals surface area contributed by atoms with Gasteiger partial charge < -0.3 is 28.4 Å². The number of carbonyl (C=O) groups is 3. The number of ether oxygens (including phenoxy) is 6. The fourth-order valence-corrected chi connectivity index (χ4v) is 15.8. The molecule has 0 saturated heterocycles. The minimum atomic E-state index is -0.335. The third-order valence-electron chi connectivity index (χ3n) is 20.8. The summed E-state index contributed by atoms with van der Waals surface area (Å²) in [7, 11) is 0. The highest BCUT2D eigenvalue weighted by molar-refractivity contribution is 6.27. The standard InChI is InChI=1S/C90H96O9/c1-4-7-31-52-94-82-55-76-77-56-83(95-53-32-8-5-2)86(98-89(92)50-17-11-14-35-62-66-39-21-27-45-72(66)73-46-28-22-40-67(62)73)59-80(77)81-60-87(99-90(93)51-18-12-15-36-63-68-41-23-29-47-74(68)75-48-30-24-42-69(63)75)84(96-54-33-9-6-3)57-78(81)79(76)58-85(82)97-88(91)49-16-10-13-34-61-64-37-19-25-43-70(64)71-44-26-20-38-65(61)71/h19-30,37-48,55-63H,4-18,31-36,49-54H2,1-3H3. The minimum Gasteiger partial charge on any atom is -0.490 e. The Labute approximate surface area is 585 Å². The van der Waals surface area contributed by atoms with E-state index in [0.29, 0.717) is 91.3 Å². The van der Waals surface area contributed by atoms with Crippen LogP contribution in [0.4, 0.5) is 0 Å². The first kappa shape index (κ1) is 68.3. The van der Waals surface area contributed by atoms with Crippen LogP contribution in [0.1, 0.15) is 226 Å². The maximum atomic E-state index is 14.3. The van der Waals surface area contributed by atoms with E-state index in [-0.39, 0.29) is 37.2 Å². The molecule has 0 atom stereocenters. The highest BCUT2D eigenvalue weighted by Gasteiger charge is 2.31. The smallest absolute Gasteiger partial charge is 0.311 e. The third-order valence-corrected chi connectivity index (χ3v) is 20.8. The molecule has 0 spiro atoms. The zero-order chi connectivity index (χ0) is 67.9. The highest BCUT2D eigenvalue weighted by Crippen LogP contribution is 2.52. The molecule has 9 nitrogen and oxygen atoms in total. The van der Waals surface area contributed by atoms with E-state index >= 15 is 0 Å². The summed E-state index contributed by atoms with van der Waals surface area (Å²) in [6.45, 7) is 7.79. The second-order valence-corrected chi connectivity index (χ2v) is 27.6. The molecule has 3 aliphatic rings.